The highest BCUT2D eigenvalue weighted by molar-refractivity contribution is 6.31. The Hall–Kier alpha value is -2.37. The van der Waals surface area contributed by atoms with Gasteiger partial charge >= 0.3 is 0 Å². The summed E-state index contributed by atoms with van der Waals surface area (Å²) in [5.74, 6) is 1.72. The fourth-order valence-corrected chi connectivity index (χ4v) is 3.87. The lowest BCUT2D eigenvalue weighted by Gasteiger charge is -2.28. The van der Waals surface area contributed by atoms with Gasteiger partial charge in [0.2, 0.25) is 0 Å². The minimum absolute atomic E-state index is 0.288. The summed E-state index contributed by atoms with van der Waals surface area (Å²) in [7, 11) is 1.70. The molecule has 1 saturated heterocycles. The molecule has 1 atom stereocenters. The molecule has 3 aromatic rings. The first-order chi connectivity index (χ1) is 13.2. The Balaban J connectivity index is 1.58. The van der Waals surface area contributed by atoms with Gasteiger partial charge < -0.3 is 10.1 Å². The zero-order valence-corrected chi connectivity index (χ0v) is 16.1. The van der Waals surface area contributed by atoms with Crippen LogP contribution in [0.5, 0.6) is 5.75 Å². The SMILES string of the molecule is COc1ccc(C(CNc2ncnc3cc(Cl)ccc23)N2CCCC2)cc1. The van der Waals surface area contributed by atoms with E-state index < -0.39 is 0 Å². The van der Waals surface area contributed by atoms with E-state index >= 15 is 0 Å². The summed E-state index contributed by atoms with van der Waals surface area (Å²) in [6.07, 6.45) is 4.09. The van der Waals surface area contributed by atoms with Crippen LogP contribution in [0.1, 0.15) is 24.4 Å². The Kier molecular flexibility index (Phi) is 5.41. The van der Waals surface area contributed by atoms with Crippen molar-refractivity contribution in [3.8, 4) is 5.75 Å². The number of rotatable bonds is 6. The minimum atomic E-state index is 0.288. The molecule has 27 heavy (non-hydrogen) atoms. The first-order valence-electron chi connectivity index (χ1n) is 9.27. The van der Waals surface area contributed by atoms with Crippen LogP contribution < -0.4 is 10.1 Å². The fourth-order valence-electron chi connectivity index (χ4n) is 3.70. The molecule has 6 heteroatoms. The van der Waals surface area contributed by atoms with Crippen molar-refractivity contribution in [2.75, 3.05) is 32.1 Å². The topological polar surface area (TPSA) is 50.3 Å². The number of anilines is 1. The normalized spacial score (nSPS) is 15.8. The summed E-state index contributed by atoms with van der Waals surface area (Å²) in [5, 5.41) is 5.21. The molecule has 5 nitrogen and oxygen atoms in total. The van der Waals surface area contributed by atoms with Crippen molar-refractivity contribution in [1.82, 2.24) is 14.9 Å². The van der Waals surface area contributed by atoms with Crippen molar-refractivity contribution in [1.29, 1.82) is 0 Å². The highest BCUT2D eigenvalue weighted by Gasteiger charge is 2.23. The first kappa shape index (κ1) is 18.0. The zero-order chi connectivity index (χ0) is 18.6. The number of hydrogen-bond donors (Lipinski definition) is 1. The first-order valence-corrected chi connectivity index (χ1v) is 9.64. The highest BCUT2D eigenvalue weighted by Crippen LogP contribution is 2.28. The molecule has 0 saturated carbocycles. The van der Waals surface area contributed by atoms with Gasteiger partial charge in [0.05, 0.1) is 18.7 Å². The van der Waals surface area contributed by atoms with Crippen molar-refractivity contribution >= 4 is 28.3 Å². The number of hydrogen-bond acceptors (Lipinski definition) is 5. The van der Waals surface area contributed by atoms with Gasteiger partial charge in [0, 0.05) is 17.0 Å². The molecule has 1 fully saturated rings. The monoisotopic (exact) mass is 382 g/mol. The van der Waals surface area contributed by atoms with E-state index in [1.165, 1.54) is 18.4 Å². The van der Waals surface area contributed by atoms with Crippen LogP contribution in [0.2, 0.25) is 5.02 Å². The Morgan fingerprint density at radius 3 is 2.63 bits per heavy atom. The van der Waals surface area contributed by atoms with E-state index in [1.807, 2.05) is 30.3 Å². The van der Waals surface area contributed by atoms with Gasteiger partial charge in [-0.2, -0.15) is 0 Å². The molecule has 0 bridgehead atoms. The lowest BCUT2D eigenvalue weighted by atomic mass is 10.1. The number of halogens is 1. The van der Waals surface area contributed by atoms with Gasteiger partial charge in [0.25, 0.3) is 0 Å². The average molecular weight is 383 g/mol. The van der Waals surface area contributed by atoms with E-state index in [9.17, 15) is 0 Å². The van der Waals surface area contributed by atoms with Gasteiger partial charge in [0.1, 0.15) is 17.9 Å². The minimum Gasteiger partial charge on any atom is -0.497 e. The predicted molar refractivity (Wildman–Crippen MR) is 110 cm³/mol. The molecule has 1 aliphatic heterocycles. The van der Waals surface area contributed by atoms with Crippen LogP contribution in [0.3, 0.4) is 0 Å². The molecule has 0 amide bonds. The van der Waals surface area contributed by atoms with Crippen LogP contribution in [-0.2, 0) is 0 Å². The largest absolute Gasteiger partial charge is 0.497 e. The summed E-state index contributed by atoms with van der Waals surface area (Å²) in [6.45, 7) is 3.03. The third-order valence-corrected chi connectivity index (χ3v) is 5.38. The molecule has 1 aromatic heterocycles. The third kappa shape index (κ3) is 3.99. The van der Waals surface area contributed by atoms with Crippen molar-refractivity contribution in [3.05, 3.63) is 59.4 Å². The summed E-state index contributed by atoms with van der Waals surface area (Å²) < 4.78 is 5.30. The maximum absolute atomic E-state index is 6.09. The van der Waals surface area contributed by atoms with Crippen LogP contribution in [0.25, 0.3) is 10.9 Å². The van der Waals surface area contributed by atoms with Crippen molar-refractivity contribution < 1.29 is 4.74 Å². The van der Waals surface area contributed by atoms with Gasteiger partial charge in [-0.1, -0.05) is 23.7 Å². The number of ether oxygens (including phenoxy) is 1. The number of aromatic nitrogens is 2. The summed E-state index contributed by atoms with van der Waals surface area (Å²) in [4.78, 5) is 11.3. The highest BCUT2D eigenvalue weighted by atomic mass is 35.5. The second-order valence-electron chi connectivity index (χ2n) is 6.80. The number of methoxy groups -OCH3 is 1. The number of nitrogens with zero attached hydrogens (tertiary/aromatic N) is 3. The van der Waals surface area contributed by atoms with Gasteiger partial charge in [-0.05, 0) is 61.8 Å². The molecule has 0 spiro atoms. The maximum atomic E-state index is 6.09. The molecular formula is C21H23ClN4O. The summed E-state index contributed by atoms with van der Waals surface area (Å²) in [6, 6.07) is 14.4. The number of fused-ring (bicyclic) bond motifs is 1. The number of likely N-dealkylation sites (tertiary alicyclic amines) is 1. The Bertz CT molecular complexity index is 910. The third-order valence-electron chi connectivity index (χ3n) is 5.14. The number of benzene rings is 2. The van der Waals surface area contributed by atoms with E-state index in [2.05, 4.69) is 32.3 Å². The van der Waals surface area contributed by atoms with Gasteiger partial charge in [-0.25, -0.2) is 9.97 Å². The molecular weight excluding hydrogens is 360 g/mol. The van der Waals surface area contributed by atoms with Crippen molar-refractivity contribution in [3.63, 3.8) is 0 Å². The smallest absolute Gasteiger partial charge is 0.137 e. The van der Waals surface area contributed by atoms with Crippen molar-refractivity contribution in [2.45, 2.75) is 18.9 Å². The molecule has 1 aliphatic rings. The molecule has 2 aromatic carbocycles. The van der Waals surface area contributed by atoms with E-state index in [4.69, 9.17) is 16.3 Å². The Labute approximate surface area is 164 Å². The number of nitrogens with one attached hydrogen (secondary N) is 1. The van der Waals surface area contributed by atoms with Gasteiger partial charge in [-0.15, -0.1) is 0 Å². The molecule has 0 aliphatic carbocycles. The molecule has 1 unspecified atom stereocenters. The fraction of sp³-hybridized carbons (Fsp3) is 0.333. The lowest BCUT2D eigenvalue weighted by Crippen LogP contribution is -2.31. The Morgan fingerprint density at radius 1 is 1.11 bits per heavy atom. The zero-order valence-electron chi connectivity index (χ0n) is 15.4. The Morgan fingerprint density at radius 2 is 1.89 bits per heavy atom. The molecule has 1 N–H and O–H groups in total. The van der Waals surface area contributed by atoms with E-state index in [0.717, 1.165) is 42.1 Å². The van der Waals surface area contributed by atoms with E-state index in [-0.39, 0.29) is 6.04 Å². The quantitative estimate of drug-likeness (QED) is 0.678. The second kappa shape index (κ2) is 8.11. The summed E-state index contributed by atoms with van der Waals surface area (Å²) in [5.41, 5.74) is 2.13. The summed E-state index contributed by atoms with van der Waals surface area (Å²) >= 11 is 6.09. The lowest BCUT2D eigenvalue weighted by molar-refractivity contribution is 0.255. The average Bonchev–Trinajstić information content (AvgIpc) is 3.23. The molecule has 0 radical (unpaired) electrons. The van der Waals surface area contributed by atoms with E-state index in [1.54, 1.807) is 13.4 Å². The van der Waals surface area contributed by atoms with Gasteiger partial charge in [-0.3, -0.25) is 4.90 Å². The van der Waals surface area contributed by atoms with Crippen molar-refractivity contribution in [2.24, 2.45) is 0 Å². The predicted octanol–water partition coefficient (Wildman–Crippen LogP) is 4.54. The molecule has 2 heterocycles. The van der Waals surface area contributed by atoms with Crippen LogP contribution in [-0.4, -0.2) is 41.6 Å². The molecule has 140 valence electrons. The van der Waals surface area contributed by atoms with Crippen LogP contribution in [0, 0.1) is 0 Å². The standard InChI is InChI=1S/C21H23ClN4O/c1-27-17-7-4-15(5-8-17)20(26-10-2-3-11-26)13-23-21-18-9-6-16(22)12-19(18)24-14-25-21/h4-9,12,14,20H,2-3,10-11,13H2,1H3,(H,23,24,25). The maximum Gasteiger partial charge on any atom is 0.137 e. The van der Waals surface area contributed by atoms with Crippen LogP contribution in [0.4, 0.5) is 5.82 Å². The van der Waals surface area contributed by atoms with Crippen LogP contribution >= 0.6 is 11.6 Å². The van der Waals surface area contributed by atoms with Crippen LogP contribution in [0.15, 0.2) is 48.8 Å². The van der Waals surface area contributed by atoms with E-state index in [0.29, 0.717) is 5.02 Å². The van der Waals surface area contributed by atoms with Gasteiger partial charge in [0.15, 0.2) is 0 Å². The second-order valence-corrected chi connectivity index (χ2v) is 7.23. The molecule has 4 rings (SSSR count).